The Bertz CT molecular complexity index is 866. The molecule has 7 nitrogen and oxygen atoms in total. The van der Waals surface area contributed by atoms with Gasteiger partial charge in [0.1, 0.15) is 17.1 Å². The number of carbonyl (C=O) groups excluding carboxylic acids is 2. The molecule has 1 aromatic heterocycles. The Hall–Kier alpha value is -3.09. The van der Waals surface area contributed by atoms with Gasteiger partial charge in [-0.1, -0.05) is 18.2 Å². The zero-order valence-electron chi connectivity index (χ0n) is 16.1. The van der Waals surface area contributed by atoms with Gasteiger partial charge in [-0.15, -0.1) is 0 Å². The summed E-state index contributed by atoms with van der Waals surface area (Å²) >= 11 is 0. The van der Waals surface area contributed by atoms with Crippen molar-refractivity contribution in [2.75, 3.05) is 20.1 Å². The van der Waals surface area contributed by atoms with Crippen molar-refractivity contribution in [3.8, 4) is 0 Å². The Morgan fingerprint density at radius 2 is 1.82 bits per heavy atom. The predicted molar refractivity (Wildman–Crippen MR) is 102 cm³/mol. The van der Waals surface area contributed by atoms with E-state index in [1.165, 1.54) is 6.07 Å². The highest BCUT2D eigenvalue weighted by Gasteiger charge is 2.30. The summed E-state index contributed by atoms with van der Waals surface area (Å²) in [5.41, 5.74) is 0.774. The molecule has 1 aliphatic heterocycles. The molecular weight excluding hydrogens is 360 g/mol. The number of piperidine rings is 1. The first-order valence-corrected chi connectivity index (χ1v) is 9.28. The Morgan fingerprint density at radius 1 is 1.18 bits per heavy atom. The summed E-state index contributed by atoms with van der Waals surface area (Å²) in [6.07, 6.45) is 1.22. The minimum atomic E-state index is -1.04. The first-order valence-electron chi connectivity index (χ1n) is 9.28. The molecule has 2 amide bonds. The van der Waals surface area contributed by atoms with E-state index in [-0.39, 0.29) is 29.8 Å². The zero-order valence-corrected chi connectivity index (χ0v) is 16.1. The molecule has 0 atom stereocenters. The molecule has 28 heavy (non-hydrogen) atoms. The number of nitrogens with zero attached hydrogens (tertiary/aromatic N) is 2. The van der Waals surface area contributed by atoms with Crippen LogP contribution in [0.2, 0.25) is 0 Å². The van der Waals surface area contributed by atoms with Gasteiger partial charge < -0.3 is 19.3 Å². The number of amides is 2. The van der Waals surface area contributed by atoms with Gasteiger partial charge in [0.05, 0.1) is 6.54 Å². The van der Waals surface area contributed by atoms with Gasteiger partial charge in [-0.2, -0.15) is 0 Å². The average Bonchev–Trinajstić information content (AvgIpc) is 3.08. The third-order valence-corrected chi connectivity index (χ3v) is 5.12. The van der Waals surface area contributed by atoms with Crippen molar-refractivity contribution in [2.45, 2.75) is 26.3 Å². The molecule has 0 radical (unpaired) electrons. The molecule has 2 aromatic rings. The second kappa shape index (κ2) is 8.29. The second-order valence-corrected chi connectivity index (χ2v) is 7.11. The van der Waals surface area contributed by atoms with Gasteiger partial charge >= 0.3 is 5.97 Å². The quantitative estimate of drug-likeness (QED) is 0.856. The fourth-order valence-electron chi connectivity index (χ4n) is 3.55. The monoisotopic (exact) mass is 384 g/mol. The molecule has 2 heterocycles. The van der Waals surface area contributed by atoms with Crippen LogP contribution in [-0.2, 0) is 11.3 Å². The Balaban J connectivity index is 1.55. The number of rotatable bonds is 5. The third-order valence-electron chi connectivity index (χ3n) is 5.12. The SMILES string of the molecule is Cc1oc(CN(C)C(=O)C2CCN(C(=O)c3ccccc3)CC2)cc1C(=O)O. The van der Waals surface area contributed by atoms with E-state index in [2.05, 4.69) is 0 Å². The van der Waals surface area contributed by atoms with E-state index in [1.807, 2.05) is 18.2 Å². The maximum atomic E-state index is 12.7. The lowest BCUT2D eigenvalue weighted by Gasteiger charge is -2.33. The first kappa shape index (κ1) is 19.7. The van der Waals surface area contributed by atoms with Crippen molar-refractivity contribution in [2.24, 2.45) is 5.92 Å². The van der Waals surface area contributed by atoms with Crippen molar-refractivity contribution in [1.29, 1.82) is 0 Å². The molecule has 1 fully saturated rings. The maximum Gasteiger partial charge on any atom is 0.339 e. The minimum Gasteiger partial charge on any atom is -0.478 e. The van der Waals surface area contributed by atoms with Crippen LogP contribution in [0.3, 0.4) is 0 Å². The lowest BCUT2D eigenvalue weighted by molar-refractivity contribution is -0.136. The number of likely N-dealkylation sites (tertiary alicyclic amines) is 1. The summed E-state index contributed by atoms with van der Waals surface area (Å²) in [5, 5.41) is 9.11. The van der Waals surface area contributed by atoms with E-state index in [1.54, 1.807) is 35.9 Å². The van der Waals surface area contributed by atoms with Crippen molar-refractivity contribution in [1.82, 2.24) is 9.80 Å². The van der Waals surface area contributed by atoms with Gasteiger partial charge in [0, 0.05) is 31.6 Å². The van der Waals surface area contributed by atoms with E-state index in [0.717, 1.165) is 0 Å². The minimum absolute atomic E-state index is 0.00730. The van der Waals surface area contributed by atoms with Gasteiger partial charge in [-0.05, 0) is 38.0 Å². The number of benzene rings is 1. The standard InChI is InChI=1S/C21H24N2O5/c1-14-18(21(26)27)12-17(28-14)13-22(2)19(24)16-8-10-23(11-9-16)20(25)15-6-4-3-5-7-15/h3-7,12,16H,8-11,13H2,1-2H3,(H,26,27). The Kier molecular flexibility index (Phi) is 5.82. The number of carboxylic acid groups (broad SMARTS) is 1. The second-order valence-electron chi connectivity index (χ2n) is 7.11. The van der Waals surface area contributed by atoms with Crippen molar-refractivity contribution in [3.63, 3.8) is 0 Å². The third kappa shape index (κ3) is 4.24. The number of carbonyl (C=O) groups is 3. The van der Waals surface area contributed by atoms with Crippen LogP contribution in [0.25, 0.3) is 0 Å². The topological polar surface area (TPSA) is 91.1 Å². The fourth-order valence-corrected chi connectivity index (χ4v) is 3.55. The van der Waals surface area contributed by atoms with Crippen LogP contribution in [0.4, 0.5) is 0 Å². The average molecular weight is 384 g/mol. The molecule has 1 saturated heterocycles. The molecule has 1 aliphatic rings. The largest absolute Gasteiger partial charge is 0.478 e. The molecule has 0 spiro atoms. The number of hydrogen-bond acceptors (Lipinski definition) is 4. The molecule has 3 rings (SSSR count). The highest BCUT2D eigenvalue weighted by Crippen LogP contribution is 2.22. The molecule has 0 aliphatic carbocycles. The highest BCUT2D eigenvalue weighted by atomic mass is 16.4. The van der Waals surface area contributed by atoms with Crippen LogP contribution in [0, 0.1) is 12.8 Å². The van der Waals surface area contributed by atoms with Gasteiger partial charge in [0.15, 0.2) is 0 Å². The van der Waals surface area contributed by atoms with Gasteiger partial charge in [0.2, 0.25) is 5.91 Å². The number of carboxylic acids is 1. The summed E-state index contributed by atoms with van der Waals surface area (Å²) in [5.74, 6) is -0.444. The number of furan rings is 1. The molecule has 0 saturated carbocycles. The Labute approximate surface area is 163 Å². The molecule has 0 unspecified atom stereocenters. The van der Waals surface area contributed by atoms with Crippen molar-refractivity contribution >= 4 is 17.8 Å². The lowest BCUT2D eigenvalue weighted by Crippen LogP contribution is -2.43. The Morgan fingerprint density at radius 3 is 2.39 bits per heavy atom. The van der Waals surface area contributed by atoms with E-state index in [4.69, 9.17) is 9.52 Å². The first-order chi connectivity index (χ1) is 13.4. The zero-order chi connectivity index (χ0) is 20.3. The molecule has 1 N–H and O–H groups in total. The van der Waals surface area contributed by atoms with E-state index >= 15 is 0 Å². The summed E-state index contributed by atoms with van der Waals surface area (Å²) in [6, 6.07) is 10.6. The number of aromatic carboxylic acids is 1. The number of aryl methyl sites for hydroxylation is 1. The smallest absolute Gasteiger partial charge is 0.339 e. The fraction of sp³-hybridized carbons (Fsp3) is 0.381. The van der Waals surface area contributed by atoms with Crippen molar-refractivity contribution in [3.05, 3.63) is 59.0 Å². The van der Waals surface area contributed by atoms with Crippen LogP contribution < -0.4 is 0 Å². The summed E-state index contributed by atoms with van der Waals surface area (Å²) in [4.78, 5) is 39.7. The normalized spacial score (nSPS) is 14.7. The summed E-state index contributed by atoms with van der Waals surface area (Å²) in [6.45, 7) is 2.90. The van der Waals surface area contributed by atoms with Gasteiger partial charge in [0.25, 0.3) is 5.91 Å². The maximum absolute atomic E-state index is 12.7. The van der Waals surface area contributed by atoms with Crippen LogP contribution in [-0.4, -0.2) is 52.8 Å². The van der Waals surface area contributed by atoms with E-state index in [0.29, 0.717) is 43.0 Å². The van der Waals surface area contributed by atoms with Crippen LogP contribution in [0.5, 0.6) is 0 Å². The lowest BCUT2D eigenvalue weighted by atomic mass is 9.95. The molecule has 1 aromatic carbocycles. The van der Waals surface area contributed by atoms with E-state index < -0.39 is 5.97 Å². The summed E-state index contributed by atoms with van der Waals surface area (Å²) in [7, 11) is 1.68. The molecule has 7 heteroatoms. The number of hydrogen-bond donors (Lipinski definition) is 1. The molecular formula is C21H24N2O5. The van der Waals surface area contributed by atoms with Gasteiger partial charge in [-0.3, -0.25) is 9.59 Å². The summed E-state index contributed by atoms with van der Waals surface area (Å²) < 4.78 is 5.45. The van der Waals surface area contributed by atoms with Crippen LogP contribution >= 0.6 is 0 Å². The highest BCUT2D eigenvalue weighted by molar-refractivity contribution is 5.94. The molecule has 148 valence electrons. The molecule has 0 bridgehead atoms. The van der Waals surface area contributed by atoms with Gasteiger partial charge in [-0.25, -0.2) is 4.79 Å². The van der Waals surface area contributed by atoms with E-state index in [9.17, 15) is 14.4 Å². The van der Waals surface area contributed by atoms with Crippen LogP contribution in [0.15, 0.2) is 40.8 Å². The predicted octanol–water partition coefficient (Wildman–Crippen LogP) is 2.80. The van der Waals surface area contributed by atoms with Crippen molar-refractivity contribution < 1.29 is 23.9 Å². The van der Waals surface area contributed by atoms with Crippen LogP contribution in [0.1, 0.15) is 45.1 Å².